The van der Waals surface area contributed by atoms with Gasteiger partial charge in [0.05, 0.1) is 5.41 Å². The van der Waals surface area contributed by atoms with Crippen LogP contribution in [0, 0.1) is 0 Å². The molecule has 1 fully saturated rings. The monoisotopic (exact) mass is 421 g/mol. The lowest BCUT2D eigenvalue weighted by Crippen LogP contribution is -2.44. The maximum absolute atomic E-state index is 13.6. The normalized spacial score (nSPS) is 15.5. The van der Waals surface area contributed by atoms with E-state index in [0.717, 1.165) is 27.8 Å². The van der Waals surface area contributed by atoms with Crippen molar-refractivity contribution in [2.75, 3.05) is 25.1 Å². The summed E-state index contributed by atoms with van der Waals surface area (Å²) in [7, 11) is 0. The number of anilines is 1. The number of hydrogen-bond acceptors (Lipinski definition) is 3. The summed E-state index contributed by atoms with van der Waals surface area (Å²) in [6.07, 6.45) is 2.96. The van der Waals surface area contributed by atoms with Crippen LogP contribution in [-0.2, 0) is 14.9 Å². The Hall–Kier alpha value is -2.82. The van der Waals surface area contributed by atoms with E-state index < -0.39 is 5.41 Å². The van der Waals surface area contributed by atoms with E-state index >= 15 is 0 Å². The summed E-state index contributed by atoms with van der Waals surface area (Å²) in [6.45, 7) is 5.23. The molecule has 3 aromatic rings. The summed E-state index contributed by atoms with van der Waals surface area (Å²) in [5.74, 6) is 0.736. The third-order valence-electron chi connectivity index (χ3n) is 5.67. The molecule has 1 heterocycles. The number of carbonyl (C=O) groups excluding carboxylic acids is 1. The Labute approximate surface area is 181 Å². The molecule has 1 aliphatic heterocycles. The molecule has 0 saturated carbocycles. The van der Waals surface area contributed by atoms with Crippen molar-refractivity contribution in [2.24, 2.45) is 0 Å². The van der Waals surface area contributed by atoms with E-state index in [1.54, 1.807) is 6.08 Å². The van der Waals surface area contributed by atoms with Crippen molar-refractivity contribution in [3.05, 3.63) is 83.9 Å². The van der Waals surface area contributed by atoms with Crippen molar-refractivity contribution in [3.8, 4) is 5.75 Å². The van der Waals surface area contributed by atoms with Gasteiger partial charge < -0.3 is 14.8 Å². The SMILES string of the molecule is C=CCOc1ccc(NC(=O)C2(c3ccc(Cl)cc3)CCOCC2)c2ccccc12. The zero-order valence-corrected chi connectivity index (χ0v) is 17.5. The molecule has 0 unspecified atom stereocenters. The highest BCUT2D eigenvalue weighted by molar-refractivity contribution is 6.30. The lowest BCUT2D eigenvalue weighted by molar-refractivity contribution is -0.125. The number of benzene rings is 3. The van der Waals surface area contributed by atoms with E-state index in [4.69, 9.17) is 21.1 Å². The predicted octanol–water partition coefficient (Wildman–Crippen LogP) is 5.74. The number of rotatable bonds is 6. The largest absolute Gasteiger partial charge is 0.489 e. The molecule has 0 atom stereocenters. The highest BCUT2D eigenvalue weighted by Crippen LogP contribution is 2.38. The fraction of sp³-hybridized carbons (Fsp3) is 0.240. The van der Waals surface area contributed by atoms with Gasteiger partial charge in [-0.25, -0.2) is 0 Å². The number of fused-ring (bicyclic) bond motifs is 1. The Balaban J connectivity index is 1.70. The summed E-state index contributed by atoms with van der Waals surface area (Å²) < 4.78 is 11.3. The molecule has 4 nitrogen and oxygen atoms in total. The molecular weight excluding hydrogens is 398 g/mol. The number of halogens is 1. The van der Waals surface area contributed by atoms with Gasteiger partial charge >= 0.3 is 0 Å². The summed E-state index contributed by atoms with van der Waals surface area (Å²) in [5.41, 5.74) is 1.08. The van der Waals surface area contributed by atoms with Gasteiger partial charge in [-0.1, -0.05) is 60.7 Å². The van der Waals surface area contributed by atoms with Crippen LogP contribution in [0.25, 0.3) is 10.8 Å². The van der Waals surface area contributed by atoms with Gasteiger partial charge in [-0.2, -0.15) is 0 Å². The Morgan fingerprint density at radius 3 is 2.47 bits per heavy atom. The Morgan fingerprint density at radius 1 is 1.07 bits per heavy atom. The van der Waals surface area contributed by atoms with E-state index in [9.17, 15) is 4.79 Å². The van der Waals surface area contributed by atoms with Crippen molar-refractivity contribution in [1.82, 2.24) is 0 Å². The number of ether oxygens (including phenoxy) is 2. The van der Waals surface area contributed by atoms with Crippen LogP contribution >= 0.6 is 11.6 Å². The first kappa shape index (κ1) is 20.5. The quantitative estimate of drug-likeness (QED) is 0.516. The third kappa shape index (κ3) is 3.93. The first-order valence-corrected chi connectivity index (χ1v) is 10.4. The third-order valence-corrected chi connectivity index (χ3v) is 5.92. The average Bonchev–Trinajstić information content (AvgIpc) is 2.79. The van der Waals surface area contributed by atoms with Crippen LogP contribution in [0.1, 0.15) is 18.4 Å². The lowest BCUT2D eigenvalue weighted by atomic mass is 9.73. The molecule has 0 radical (unpaired) electrons. The topological polar surface area (TPSA) is 47.6 Å². The van der Waals surface area contributed by atoms with E-state index in [-0.39, 0.29) is 5.91 Å². The molecule has 4 rings (SSSR count). The van der Waals surface area contributed by atoms with Crippen molar-refractivity contribution >= 4 is 34.0 Å². The van der Waals surface area contributed by atoms with Crippen molar-refractivity contribution in [1.29, 1.82) is 0 Å². The Morgan fingerprint density at radius 2 is 1.77 bits per heavy atom. The maximum Gasteiger partial charge on any atom is 0.235 e. The van der Waals surface area contributed by atoms with Crippen molar-refractivity contribution in [2.45, 2.75) is 18.3 Å². The zero-order valence-electron chi connectivity index (χ0n) is 16.7. The minimum Gasteiger partial charge on any atom is -0.489 e. The molecule has 5 heteroatoms. The van der Waals surface area contributed by atoms with Gasteiger partial charge in [0.25, 0.3) is 0 Å². The smallest absolute Gasteiger partial charge is 0.235 e. The van der Waals surface area contributed by atoms with E-state index in [1.165, 1.54) is 0 Å². The first-order valence-electron chi connectivity index (χ1n) is 10.0. The fourth-order valence-corrected chi connectivity index (χ4v) is 4.16. The predicted molar refractivity (Wildman–Crippen MR) is 121 cm³/mol. The van der Waals surface area contributed by atoms with Crippen LogP contribution in [-0.4, -0.2) is 25.7 Å². The Bertz CT molecular complexity index is 1060. The minimum atomic E-state index is -0.651. The number of amides is 1. The van der Waals surface area contributed by atoms with E-state index in [0.29, 0.717) is 37.7 Å². The highest BCUT2D eigenvalue weighted by Gasteiger charge is 2.41. The second-order valence-corrected chi connectivity index (χ2v) is 7.85. The summed E-state index contributed by atoms with van der Waals surface area (Å²) in [5, 5.41) is 5.73. The van der Waals surface area contributed by atoms with Crippen LogP contribution in [0.15, 0.2) is 73.3 Å². The van der Waals surface area contributed by atoms with Crippen LogP contribution in [0.4, 0.5) is 5.69 Å². The van der Waals surface area contributed by atoms with Gasteiger partial charge in [-0.05, 0) is 42.7 Å². The number of nitrogens with one attached hydrogen (secondary N) is 1. The molecule has 0 aromatic heterocycles. The van der Waals surface area contributed by atoms with Gasteiger partial charge in [0.15, 0.2) is 0 Å². The maximum atomic E-state index is 13.6. The van der Waals surface area contributed by atoms with Crippen molar-refractivity contribution < 1.29 is 14.3 Å². The lowest BCUT2D eigenvalue weighted by Gasteiger charge is -2.36. The van der Waals surface area contributed by atoms with Gasteiger partial charge in [0.2, 0.25) is 5.91 Å². The number of carbonyl (C=O) groups is 1. The summed E-state index contributed by atoms with van der Waals surface area (Å²) >= 11 is 6.08. The molecule has 30 heavy (non-hydrogen) atoms. The molecule has 154 valence electrons. The highest BCUT2D eigenvalue weighted by atomic mass is 35.5. The molecule has 0 bridgehead atoms. The van der Waals surface area contributed by atoms with E-state index in [2.05, 4.69) is 11.9 Å². The molecule has 1 N–H and O–H groups in total. The number of hydrogen-bond donors (Lipinski definition) is 1. The van der Waals surface area contributed by atoms with Crippen LogP contribution in [0.2, 0.25) is 5.02 Å². The minimum absolute atomic E-state index is 0.0296. The fourth-order valence-electron chi connectivity index (χ4n) is 4.03. The summed E-state index contributed by atoms with van der Waals surface area (Å²) in [6, 6.07) is 19.2. The molecular formula is C25H24ClNO3. The second kappa shape index (κ2) is 8.90. The van der Waals surface area contributed by atoms with Gasteiger partial charge in [0.1, 0.15) is 12.4 Å². The van der Waals surface area contributed by atoms with Gasteiger partial charge in [-0.3, -0.25) is 4.79 Å². The van der Waals surface area contributed by atoms with Crippen molar-refractivity contribution in [3.63, 3.8) is 0 Å². The van der Waals surface area contributed by atoms with Gasteiger partial charge in [0, 0.05) is 34.7 Å². The standard InChI is InChI=1S/C25H24ClNO3/c1-2-15-30-23-12-11-22(20-5-3-4-6-21(20)23)27-24(28)25(13-16-29-17-14-25)18-7-9-19(26)10-8-18/h2-12H,1,13-17H2,(H,27,28). The molecule has 0 aliphatic carbocycles. The van der Waals surface area contributed by atoms with Crippen LogP contribution in [0.5, 0.6) is 5.75 Å². The van der Waals surface area contributed by atoms with Gasteiger partial charge in [-0.15, -0.1) is 0 Å². The molecule has 3 aromatic carbocycles. The average molecular weight is 422 g/mol. The molecule has 1 amide bonds. The summed E-state index contributed by atoms with van der Waals surface area (Å²) in [4.78, 5) is 13.6. The van der Waals surface area contributed by atoms with E-state index in [1.807, 2.05) is 60.7 Å². The molecule has 1 aliphatic rings. The zero-order chi connectivity index (χ0) is 21.0. The van der Waals surface area contributed by atoms with Crippen LogP contribution < -0.4 is 10.1 Å². The Kier molecular flexibility index (Phi) is 6.07. The van der Waals surface area contributed by atoms with Crippen LogP contribution in [0.3, 0.4) is 0 Å². The molecule has 1 saturated heterocycles. The molecule has 0 spiro atoms. The second-order valence-electron chi connectivity index (χ2n) is 7.41. The first-order chi connectivity index (χ1) is 14.6.